The zero-order valence-electron chi connectivity index (χ0n) is 9.08. The molecule has 0 aromatic carbocycles. The number of nitrogens with two attached hydrogens (primary N) is 1. The van der Waals surface area contributed by atoms with Crippen molar-refractivity contribution in [3.63, 3.8) is 0 Å². The first-order valence-electron chi connectivity index (χ1n) is 4.78. The summed E-state index contributed by atoms with van der Waals surface area (Å²) in [7, 11) is 1.59. The second kappa shape index (κ2) is 5.01. The van der Waals surface area contributed by atoms with Gasteiger partial charge in [0.1, 0.15) is 0 Å². The normalized spacial score (nSPS) is 13.9. The largest absolute Gasteiger partial charge is 0.390 e. The molecule has 0 aliphatic carbocycles. The molecule has 3 nitrogen and oxygen atoms in total. The van der Waals surface area contributed by atoms with E-state index in [2.05, 4.69) is 4.98 Å². The second-order valence-corrected chi connectivity index (χ2v) is 4.47. The predicted octanol–water partition coefficient (Wildman–Crippen LogP) is 2.55. The smallest absolute Gasteiger partial charge is 0.351 e. The summed E-state index contributed by atoms with van der Waals surface area (Å²) in [5.41, 5.74) is 6.32. The molecule has 1 unspecified atom stereocenters. The topological polar surface area (TPSA) is 42.1 Å². The summed E-state index contributed by atoms with van der Waals surface area (Å²) in [6, 6.07) is -0.194. The molecule has 0 fully saturated rings. The molecule has 0 radical (unpaired) electrons. The monoisotopic (exact) mass is 253 g/mol. The van der Waals surface area contributed by atoms with E-state index in [0.29, 0.717) is 10.8 Å². The quantitative estimate of drug-likeness (QED) is 0.896. The Morgan fingerprint density at radius 1 is 1.56 bits per heavy atom. The van der Waals surface area contributed by atoms with Crippen LogP contribution in [0.3, 0.4) is 0 Å². The summed E-state index contributed by atoms with van der Waals surface area (Å²) < 4.78 is 36.0. The average molecular weight is 253 g/mol. The number of thiazole rings is 1. The minimum Gasteiger partial charge on any atom is -0.351 e. The highest BCUT2D eigenvalue weighted by Crippen LogP contribution is 2.25. The Labute approximate surface area is 96.1 Å². The van der Waals surface area contributed by atoms with Crippen molar-refractivity contribution in [1.29, 1.82) is 0 Å². The highest BCUT2D eigenvalue weighted by molar-refractivity contribution is 7.13. The van der Waals surface area contributed by atoms with Gasteiger partial charge in [-0.25, -0.2) is 4.98 Å². The van der Waals surface area contributed by atoms with Crippen LogP contribution in [0.25, 0.3) is 0 Å². The lowest BCUT2D eigenvalue weighted by atomic mass is 10.3. The van der Waals surface area contributed by atoms with Gasteiger partial charge in [-0.15, -0.1) is 11.3 Å². The average Bonchev–Trinajstić information content (AvgIpc) is 2.61. The van der Waals surface area contributed by atoms with E-state index < -0.39 is 12.6 Å². The van der Waals surface area contributed by atoms with Gasteiger partial charge in [0, 0.05) is 25.0 Å². The van der Waals surface area contributed by atoms with Gasteiger partial charge in [0.2, 0.25) is 0 Å². The van der Waals surface area contributed by atoms with Gasteiger partial charge in [-0.05, 0) is 6.92 Å². The Morgan fingerprint density at radius 3 is 2.62 bits per heavy atom. The van der Waals surface area contributed by atoms with Crippen molar-refractivity contribution >= 4 is 16.5 Å². The molecule has 1 heterocycles. The zero-order valence-corrected chi connectivity index (χ0v) is 9.90. The van der Waals surface area contributed by atoms with Crippen molar-refractivity contribution in [2.45, 2.75) is 25.6 Å². The van der Waals surface area contributed by atoms with Crippen LogP contribution in [0.15, 0.2) is 5.38 Å². The molecular formula is C9H14F3N3S. The number of nitrogens with zero attached hydrogens (tertiary/aromatic N) is 2. The minimum absolute atomic E-state index is 0.0879. The third kappa shape index (κ3) is 3.97. The molecule has 0 amide bonds. The third-order valence-corrected chi connectivity index (χ3v) is 3.01. The summed E-state index contributed by atoms with van der Waals surface area (Å²) in [4.78, 5) is 5.65. The van der Waals surface area contributed by atoms with Gasteiger partial charge in [0.25, 0.3) is 0 Å². The van der Waals surface area contributed by atoms with E-state index in [1.807, 2.05) is 0 Å². The van der Waals surface area contributed by atoms with Crippen LogP contribution in [0.1, 0.15) is 25.1 Å². The molecule has 2 N–H and O–H groups in total. The Bertz CT molecular complexity index is 335. The molecule has 0 bridgehead atoms. The maximum absolute atomic E-state index is 12.0. The lowest BCUT2D eigenvalue weighted by Crippen LogP contribution is -2.24. The third-order valence-electron chi connectivity index (χ3n) is 2.03. The Kier molecular flexibility index (Phi) is 4.15. The van der Waals surface area contributed by atoms with E-state index in [-0.39, 0.29) is 12.6 Å². The van der Waals surface area contributed by atoms with Crippen LogP contribution in [-0.2, 0) is 0 Å². The van der Waals surface area contributed by atoms with Crippen LogP contribution in [0.2, 0.25) is 0 Å². The van der Waals surface area contributed by atoms with E-state index in [9.17, 15) is 13.2 Å². The van der Waals surface area contributed by atoms with Crippen molar-refractivity contribution in [2.24, 2.45) is 5.73 Å². The zero-order chi connectivity index (χ0) is 12.3. The van der Waals surface area contributed by atoms with Gasteiger partial charge in [0.05, 0.1) is 12.1 Å². The number of rotatable bonds is 4. The predicted molar refractivity (Wildman–Crippen MR) is 58.7 cm³/mol. The van der Waals surface area contributed by atoms with Crippen molar-refractivity contribution in [1.82, 2.24) is 4.98 Å². The summed E-state index contributed by atoms with van der Waals surface area (Å²) in [5.74, 6) is 0. The Morgan fingerprint density at radius 2 is 2.19 bits per heavy atom. The van der Waals surface area contributed by atoms with E-state index in [1.165, 1.54) is 16.2 Å². The fourth-order valence-corrected chi connectivity index (χ4v) is 1.97. The second-order valence-electron chi connectivity index (χ2n) is 3.63. The molecule has 1 aromatic heterocycles. The molecule has 0 saturated carbocycles. The fourth-order valence-electron chi connectivity index (χ4n) is 1.05. The number of aromatic nitrogens is 1. The van der Waals surface area contributed by atoms with Crippen molar-refractivity contribution < 1.29 is 13.2 Å². The summed E-state index contributed by atoms with van der Waals surface area (Å²) in [6.45, 7) is 1.70. The van der Waals surface area contributed by atoms with E-state index in [0.717, 1.165) is 0 Å². The molecule has 0 spiro atoms. The fraction of sp³-hybridized carbons (Fsp3) is 0.667. The molecule has 0 aliphatic rings. The van der Waals surface area contributed by atoms with Crippen LogP contribution in [-0.4, -0.2) is 24.8 Å². The maximum atomic E-state index is 12.0. The standard InChI is InChI=1S/C9H14F3N3S/c1-6(13)7-5-16-8(14-7)15(2)4-3-9(10,11)12/h5-6H,3-4,13H2,1-2H3. The van der Waals surface area contributed by atoms with Gasteiger partial charge in [-0.3, -0.25) is 0 Å². The number of hydrogen-bond donors (Lipinski definition) is 1. The number of alkyl halides is 3. The van der Waals surface area contributed by atoms with Crippen molar-refractivity contribution in [3.05, 3.63) is 11.1 Å². The van der Waals surface area contributed by atoms with Gasteiger partial charge in [-0.2, -0.15) is 13.2 Å². The Balaban J connectivity index is 2.56. The SMILES string of the molecule is CC(N)c1csc(N(C)CCC(F)(F)F)n1. The number of anilines is 1. The lowest BCUT2D eigenvalue weighted by Gasteiger charge is -2.16. The van der Waals surface area contributed by atoms with E-state index in [1.54, 1.807) is 19.4 Å². The van der Waals surface area contributed by atoms with Crippen LogP contribution < -0.4 is 10.6 Å². The first-order valence-corrected chi connectivity index (χ1v) is 5.66. The highest BCUT2D eigenvalue weighted by atomic mass is 32.1. The molecule has 1 rings (SSSR count). The maximum Gasteiger partial charge on any atom is 0.390 e. The number of halogens is 3. The minimum atomic E-state index is -4.13. The summed E-state index contributed by atoms with van der Waals surface area (Å²) in [5, 5.41) is 2.33. The first kappa shape index (κ1) is 13.2. The lowest BCUT2D eigenvalue weighted by molar-refractivity contribution is -0.132. The van der Waals surface area contributed by atoms with Crippen LogP contribution in [0.4, 0.5) is 18.3 Å². The van der Waals surface area contributed by atoms with Gasteiger partial charge in [0.15, 0.2) is 5.13 Å². The van der Waals surface area contributed by atoms with Crippen molar-refractivity contribution in [3.8, 4) is 0 Å². The molecule has 92 valence electrons. The molecule has 0 saturated heterocycles. The molecule has 0 aliphatic heterocycles. The summed E-state index contributed by atoms with van der Waals surface area (Å²) in [6.07, 6.45) is -4.97. The van der Waals surface area contributed by atoms with Crippen molar-refractivity contribution in [2.75, 3.05) is 18.5 Å². The summed E-state index contributed by atoms with van der Waals surface area (Å²) >= 11 is 1.30. The molecule has 1 aromatic rings. The van der Waals surface area contributed by atoms with E-state index in [4.69, 9.17) is 5.73 Å². The molecule has 1 atom stereocenters. The Hall–Kier alpha value is -0.820. The molecule has 16 heavy (non-hydrogen) atoms. The van der Waals surface area contributed by atoms with Gasteiger partial charge in [-0.1, -0.05) is 0 Å². The van der Waals surface area contributed by atoms with Crippen LogP contribution in [0.5, 0.6) is 0 Å². The van der Waals surface area contributed by atoms with Crippen LogP contribution in [0, 0.1) is 0 Å². The first-order chi connectivity index (χ1) is 7.29. The molecule has 7 heteroatoms. The van der Waals surface area contributed by atoms with Gasteiger partial charge < -0.3 is 10.6 Å². The van der Waals surface area contributed by atoms with Gasteiger partial charge >= 0.3 is 6.18 Å². The van der Waals surface area contributed by atoms with Crippen LogP contribution >= 0.6 is 11.3 Å². The number of hydrogen-bond acceptors (Lipinski definition) is 4. The molecular weight excluding hydrogens is 239 g/mol. The highest BCUT2D eigenvalue weighted by Gasteiger charge is 2.27. The van der Waals surface area contributed by atoms with E-state index >= 15 is 0 Å².